The van der Waals surface area contributed by atoms with E-state index in [1.54, 1.807) is 0 Å². The largest absolute Gasteiger partial charge is 0.353 e. The van der Waals surface area contributed by atoms with Gasteiger partial charge in [0.1, 0.15) is 5.82 Å². The fourth-order valence-electron chi connectivity index (χ4n) is 3.13. The molecule has 1 aliphatic rings. The molecule has 0 saturated heterocycles. The maximum atomic E-state index is 12.0. The van der Waals surface area contributed by atoms with Crippen molar-refractivity contribution in [3.8, 4) is 0 Å². The van der Waals surface area contributed by atoms with Crippen molar-refractivity contribution in [2.24, 2.45) is 0 Å². The highest BCUT2D eigenvalue weighted by molar-refractivity contribution is 5.78. The first-order chi connectivity index (χ1) is 10.6. The van der Waals surface area contributed by atoms with Crippen molar-refractivity contribution in [3.63, 3.8) is 0 Å². The van der Waals surface area contributed by atoms with E-state index in [-0.39, 0.29) is 5.91 Å². The van der Waals surface area contributed by atoms with E-state index in [4.69, 9.17) is 0 Å². The van der Waals surface area contributed by atoms with Crippen LogP contribution in [0, 0.1) is 0 Å². The van der Waals surface area contributed by atoms with Gasteiger partial charge < -0.3 is 10.3 Å². The molecule has 0 spiro atoms. The average molecular weight is 299 g/mol. The first-order valence-corrected chi connectivity index (χ1v) is 8.40. The number of aryl methyl sites for hydroxylation is 1. The van der Waals surface area contributed by atoms with Gasteiger partial charge >= 0.3 is 0 Å². The topological polar surface area (TPSA) is 57.8 Å². The van der Waals surface area contributed by atoms with Crippen LogP contribution < -0.4 is 5.32 Å². The third-order valence-electron chi connectivity index (χ3n) is 4.47. The van der Waals surface area contributed by atoms with E-state index in [0.717, 1.165) is 36.1 Å². The smallest absolute Gasteiger partial charge is 0.220 e. The molecule has 0 bridgehead atoms. The molecule has 0 radical (unpaired) electrons. The zero-order valence-electron chi connectivity index (χ0n) is 13.5. The number of benzene rings is 1. The van der Waals surface area contributed by atoms with Crippen LogP contribution in [0.5, 0.6) is 0 Å². The quantitative estimate of drug-likeness (QED) is 0.885. The van der Waals surface area contributed by atoms with Gasteiger partial charge in [0.25, 0.3) is 0 Å². The number of hydrogen-bond donors (Lipinski definition) is 2. The predicted molar refractivity (Wildman–Crippen MR) is 88.9 cm³/mol. The highest BCUT2D eigenvalue weighted by Crippen LogP contribution is 2.20. The van der Waals surface area contributed by atoms with Crippen molar-refractivity contribution >= 4 is 16.9 Å². The van der Waals surface area contributed by atoms with Crippen LogP contribution in [0.25, 0.3) is 11.0 Å². The van der Waals surface area contributed by atoms with E-state index < -0.39 is 0 Å². The molecule has 1 aromatic heterocycles. The lowest BCUT2D eigenvalue weighted by Crippen LogP contribution is -2.32. The molecule has 1 fully saturated rings. The minimum absolute atomic E-state index is 0.180. The van der Waals surface area contributed by atoms with E-state index >= 15 is 0 Å². The maximum Gasteiger partial charge on any atom is 0.220 e. The number of amides is 1. The van der Waals surface area contributed by atoms with Gasteiger partial charge in [-0.2, -0.15) is 0 Å². The van der Waals surface area contributed by atoms with E-state index in [2.05, 4.69) is 41.3 Å². The number of nitrogens with zero attached hydrogens (tertiary/aromatic N) is 1. The first-order valence-electron chi connectivity index (χ1n) is 8.40. The number of fused-ring (bicyclic) bond motifs is 1. The molecule has 1 amide bonds. The Labute approximate surface area is 131 Å². The molecule has 0 atom stereocenters. The molecular weight excluding hydrogens is 274 g/mol. The van der Waals surface area contributed by atoms with Crippen molar-refractivity contribution in [3.05, 3.63) is 29.6 Å². The van der Waals surface area contributed by atoms with Crippen LogP contribution in [0.4, 0.5) is 0 Å². The molecule has 1 aromatic carbocycles. The molecule has 0 aliphatic heterocycles. The lowest BCUT2D eigenvalue weighted by atomic mass is 10.1. The van der Waals surface area contributed by atoms with Gasteiger partial charge in [0.2, 0.25) is 5.91 Å². The van der Waals surface area contributed by atoms with Crippen LogP contribution in [0.2, 0.25) is 0 Å². The van der Waals surface area contributed by atoms with Crippen molar-refractivity contribution in [1.29, 1.82) is 0 Å². The monoisotopic (exact) mass is 299 g/mol. The summed E-state index contributed by atoms with van der Waals surface area (Å²) in [5, 5.41) is 3.15. The fourth-order valence-corrected chi connectivity index (χ4v) is 3.13. The SMILES string of the molecule is CC(C)c1nc2ccc(CCC(=O)NC3CCCC3)cc2[nH]1. The van der Waals surface area contributed by atoms with Crippen LogP contribution in [-0.4, -0.2) is 21.9 Å². The molecule has 22 heavy (non-hydrogen) atoms. The summed E-state index contributed by atoms with van der Waals surface area (Å²) in [5.41, 5.74) is 3.26. The number of imidazole rings is 1. The summed E-state index contributed by atoms with van der Waals surface area (Å²) in [7, 11) is 0. The van der Waals surface area contributed by atoms with Crippen LogP contribution in [0.3, 0.4) is 0 Å². The van der Waals surface area contributed by atoms with Crippen molar-refractivity contribution in [1.82, 2.24) is 15.3 Å². The van der Waals surface area contributed by atoms with Crippen LogP contribution in [0.15, 0.2) is 18.2 Å². The third kappa shape index (κ3) is 3.49. The van der Waals surface area contributed by atoms with Crippen LogP contribution >= 0.6 is 0 Å². The Bertz CT molecular complexity index is 653. The summed E-state index contributed by atoms with van der Waals surface area (Å²) < 4.78 is 0. The second-order valence-electron chi connectivity index (χ2n) is 6.68. The van der Waals surface area contributed by atoms with Gasteiger partial charge in [0.15, 0.2) is 0 Å². The van der Waals surface area contributed by atoms with E-state index in [1.165, 1.54) is 18.4 Å². The van der Waals surface area contributed by atoms with Gasteiger partial charge in [-0.15, -0.1) is 0 Å². The zero-order chi connectivity index (χ0) is 15.5. The summed E-state index contributed by atoms with van der Waals surface area (Å²) in [5.74, 6) is 1.60. The molecule has 4 heteroatoms. The van der Waals surface area contributed by atoms with E-state index in [9.17, 15) is 4.79 Å². The molecular formula is C18H25N3O. The number of hydrogen-bond acceptors (Lipinski definition) is 2. The summed E-state index contributed by atoms with van der Waals surface area (Å²) in [6, 6.07) is 6.66. The fraction of sp³-hybridized carbons (Fsp3) is 0.556. The van der Waals surface area contributed by atoms with Gasteiger partial charge in [-0.05, 0) is 37.0 Å². The summed E-state index contributed by atoms with van der Waals surface area (Å²) >= 11 is 0. The van der Waals surface area contributed by atoms with Crippen molar-refractivity contribution < 1.29 is 4.79 Å². The predicted octanol–water partition coefficient (Wildman–Crippen LogP) is 3.68. The Morgan fingerprint density at radius 3 is 2.86 bits per heavy atom. The minimum atomic E-state index is 0.180. The van der Waals surface area contributed by atoms with E-state index in [1.807, 2.05) is 6.07 Å². The Balaban J connectivity index is 1.59. The Kier molecular flexibility index (Phi) is 4.46. The van der Waals surface area contributed by atoms with Gasteiger partial charge in [-0.25, -0.2) is 4.98 Å². The molecule has 4 nitrogen and oxygen atoms in total. The lowest BCUT2D eigenvalue weighted by Gasteiger charge is -2.11. The van der Waals surface area contributed by atoms with Crippen LogP contribution in [-0.2, 0) is 11.2 Å². The molecule has 3 rings (SSSR count). The molecule has 0 unspecified atom stereocenters. The average Bonchev–Trinajstić information content (AvgIpc) is 3.13. The molecule has 118 valence electrons. The summed E-state index contributed by atoms with van der Waals surface area (Å²) in [4.78, 5) is 20.0. The van der Waals surface area contributed by atoms with Gasteiger partial charge in [-0.1, -0.05) is 32.8 Å². The molecule has 1 aliphatic carbocycles. The Morgan fingerprint density at radius 1 is 1.36 bits per heavy atom. The zero-order valence-corrected chi connectivity index (χ0v) is 13.5. The van der Waals surface area contributed by atoms with Crippen molar-refractivity contribution in [2.75, 3.05) is 0 Å². The second-order valence-corrected chi connectivity index (χ2v) is 6.68. The standard InChI is InChI=1S/C18H25N3O/c1-12(2)18-20-15-9-7-13(11-16(15)21-18)8-10-17(22)19-14-5-3-4-6-14/h7,9,11-12,14H,3-6,8,10H2,1-2H3,(H,19,22)(H,20,21). The molecule has 1 saturated carbocycles. The number of nitrogens with one attached hydrogen (secondary N) is 2. The maximum absolute atomic E-state index is 12.0. The highest BCUT2D eigenvalue weighted by Gasteiger charge is 2.16. The number of aromatic nitrogens is 2. The molecule has 2 aromatic rings. The second kappa shape index (κ2) is 6.51. The minimum Gasteiger partial charge on any atom is -0.353 e. The number of rotatable bonds is 5. The number of aromatic amines is 1. The molecule has 1 heterocycles. The highest BCUT2D eigenvalue weighted by atomic mass is 16.1. The van der Waals surface area contributed by atoms with E-state index in [0.29, 0.717) is 18.4 Å². The normalized spacial score (nSPS) is 15.8. The first kappa shape index (κ1) is 15.1. The lowest BCUT2D eigenvalue weighted by molar-refractivity contribution is -0.121. The Hall–Kier alpha value is -1.84. The summed E-state index contributed by atoms with van der Waals surface area (Å²) in [6.07, 6.45) is 6.13. The number of H-pyrrole nitrogens is 1. The van der Waals surface area contributed by atoms with Gasteiger partial charge in [0, 0.05) is 18.4 Å². The third-order valence-corrected chi connectivity index (χ3v) is 4.47. The van der Waals surface area contributed by atoms with Crippen LogP contribution in [0.1, 0.15) is 63.3 Å². The van der Waals surface area contributed by atoms with Gasteiger partial charge in [0.05, 0.1) is 11.0 Å². The number of carbonyl (C=O) groups excluding carboxylic acids is 1. The summed E-state index contributed by atoms with van der Waals surface area (Å²) in [6.45, 7) is 4.26. The number of carbonyl (C=O) groups is 1. The molecule has 2 N–H and O–H groups in total. The van der Waals surface area contributed by atoms with Gasteiger partial charge in [-0.3, -0.25) is 4.79 Å². The Morgan fingerprint density at radius 2 is 2.14 bits per heavy atom. The van der Waals surface area contributed by atoms with Crippen molar-refractivity contribution in [2.45, 2.75) is 64.3 Å².